The summed E-state index contributed by atoms with van der Waals surface area (Å²) in [5, 5.41) is 12.7. The first kappa shape index (κ1) is 46.7. The van der Waals surface area contributed by atoms with E-state index in [0.29, 0.717) is 75.0 Å². The number of carbonyl (C=O) groups is 4. The Bertz CT molecular complexity index is 1350. The van der Waals surface area contributed by atoms with E-state index in [4.69, 9.17) is 40.5 Å². The van der Waals surface area contributed by atoms with Crippen LogP contribution in [0.2, 0.25) is 0 Å². The maximum atomic E-state index is 11.6. The Hall–Kier alpha value is -3.44. The van der Waals surface area contributed by atoms with Crippen LogP contribution in [0.4, 0.5) is 21.5 Å². The maximum absolute atomic E-state index is 11.6. The van der Waals surface area contributed by atoms with Crippen LogP contribution in [0.5, 0.6) is 0 Å². The lowest BCUT2D eigenvalue weighted by atomic mass is 10.3. The number of aryl methyl sites for hydroxylation is 2. The Kier molecular flexibility index (Phi) is 28.9. The van der Waals surface area contributed by atoms with E-state index in [0.717, 1.165) is 25.7 Å². The van der Waals surface area contributed by atoms with Crippen LogP contribution in [0, 0.1) is 13.8 Å². The summed E-state index contributed by atoms with van der Waals surface area (Å²) in [4.78, 5) is 79.4. The van der Waals surface area contributed by atoms with Gasteiger partial charge in [0.05, 0.1) is 0 Å². The van der Waals surface area contributed by atoms with Gasteiger partial charge in [0.2, 0.25) is 23.0 Å². The molecule has 0 saturated heterocycles. The first-order chi connectivity index (χ1) is 22.4. The van der Waals surface area contributed by atoms with E-state index in [1.165, 1.54) is 12.1 Å². The fourth-order valence-corrected chi connectivity index (χ4v) is 3.65. The molecule has 0 aliphatic carbocycles. The van der Waals surface area contributed by atoms with E-state index < -0.39 is 12.1 Å². The summed E-state index contributed by atoms with van der Waals surface area (Å²) in [5.41, 5.74) is 5.78. The van der Waals surface area contributed by atoms with Gasteiger partial charge in [0.15, 0.2) is 0 Å². The number of amides is 5. The predicted molar refractivity (Wildman–Crippen MR) is 192 cm³/mol. The number of anilines is 2. The van der Waals surface area contributed by atoms with Crippen molar-refractivity contribution in [1.29, 1.82) is 0 Å². The molecule has 0 saturated carbocycles. The SMILES string of the molecule is Cc1cc(=O)[nH]c(NC(=O)NCCCCN)n1.Cc1cc(=O)[nH]c(NC(=O)NCCCCNC(=O)CCCCl)n1.Cl.O=C(Cl)CCCCl. The molecule has 2 aromatic rings. The van der Waals surface area contributed by atoms with Crippen molar-refractivity contribution in [3.63, 3.8) is 0 Å². The van der Waals surface area contributed by atoms with Gasteiger partial charge in [-0.3, -0.25) is 39.8 Å². The average Bonchev–Trinajstić information content (AvgIpc) is 2.98. The Morgan fingerprint density at radius 3 is 1.50 bits per heavy atom. The number of nitrogens with two attached hydrogens (primary N) is 1. The quantitative estimate of drug-likeness (QED) is 0.0669. The van der Waals surface area contributed by atoms with Gasteiger partial charge >= 0.3 is 12.1 Å². The number of hydrogen-bond acceptors (Lipinski definition) is 9. The van der Waals surface area contributed by atoms with Crippen molar-refractivity contribution in [2.24, 2.45) is 5.73 Å². The number of rotatable bonds is 17. The first-order valence-corrected chi connectivity index (χ1v) is 16.4. The van der Waals surface area contributed by atoms with Gasteiger partial charge in [-0.15, -0.1) is 35.6 Å². The minimum Gasteiger partial charge on any atom is -0.356 e. The third-order valence-electron chi connectivity index (χ3n) is 5.38. The summed E-state index contributed by atoms with van der Waals surface area (Å²) in [6, 6.07) is 1.86. The largest absolute Gasteiger partial charge is 0.356 e. The molecular formula is C28H46Cl4N10O6. The Morgan fingerprint density at radius 1 is 0.708 bits per heavy atom. The molecule has 9 N–H and O–H groups in total. The molecule has 0 fully saturated rings. The van der Waals surface area contributed by atoms with Gasteiger partial charge in [0, 0.05) is 67.8 Å². The molecule has 5 amide bonds. The second-order valence-corrected chi connectivity index (χ2v) is 10.9. The number of halogens is 4. The summed E-state index contributed by atoms with van der Waals surface area (Å²) in [7, 11) is 0. The zero-order valence-electron chi connectivity index (χ0n) is 27.0. The summed E-state index contributed by atoms with van der Waals surface area (Å²) in [5.74, 6) is 1.24. The van der Waals surface area contributed by atoms with Crippen molar-refractivity contribution in [3.05, 3.63) is 44.2 Å². The molecule has 20 heteroatoms. The number of nitrogens with one attached hydrogen (secondary N) is 7. The van der Waals surface area contributed by atoms with Crippen LogP contribution in [0.15, 0.2) is 21.7 Å². The van der Waals surface area contributed by atoms with Gasteiger partial charge in [-0.1, -0.05) is 0 Å². The summed E-state index contributed by atoms with van der Waals surface area (Å²) in [6.07, 6.45) is 5.35. The Morgan fingerprint density at radius 2 is 1.12 bits per heavy atom. The minimum atomic E-state index is -0.440. The standard InChI is InChI=1S/C14H22ClN5O3.C10H17N5O2.C4H6Cl2O.ClH/c1-10-9-12(22)19-13(18-10)20-14(23)17-8-3-2-7-16-11(21)5-4-6-15;1-7-6-8(16)14-9(13-7)15-10(17)12-5-3-2-4-11;5-3-1-2-4(6)7;/h9H,2-8H2,1H3,(H,16,21)(H3,17,18,19,20,22,23);6H,2-5,11H2,1H3,(H3,12,13,14,15,16,17);1-3H2;1H. The highest BCUT2D eigenvalue weighted by atomic mass is 35.5. The molecule has 48 heavy (non-hydrogen) atoms. The fourth-order valence-electron chi connectivity index (χ4n) is 3.25. The molecule has 0 aliphatic rings. The lowest BCUT2D eigenvalue weighted by Crippen LogP contribution is -2.31. The van der Waals surface area contributed by atoms with Crippen LogP contribution in [0.1, 0.15) is 62.8 Å². The number of aromatic nitrogens is 4. The van der Waals surface area contributed by atoms with Crippen molar-refractivity contribution < 1.29 is 19.2 Å². The Labute approximate surface area is 300 Å². The average molecular weight is 761 g/mol. The molecule has 0 aliphatic heterocycles. The number of carbonyl (C=O) groups excluding carboxylic acids is 4. The van der Waals surface area contributed by atoms with Crippen molar-refractivity contribution >= 4 is 82.3 Å². The molecule has 2 rings (SSSR count). The van der Waals surface area contributed by atoms with Crippen molar-refractivity contribution in [2.45, 2.75) is 65.2 Å². The lowest BCUT2D eigenvalue weighted by molar-refractivity contribution is -0.121. The zero-order chi connectivity index (χ0) is 35.5. The number of aromatic amines is 2. The van der Waals surface area contributed by atoms with Crippen molar-refractivity contribution in [3.8, 4) is 0 Å². The normalized spacial score (nSPS) is 9.71. The Balaban J connectivity index is 0. The number of H-pyrrole nitrogens is 2. The number of unbranched alkanes of at least 4 members (excludes halogenated alkanes) is 2. The van der Waals surface area contributed by atoms with E-state index in [1.54, 1.807) is 13.8 Å². The van der Waals surface area contributed by atoms with Gasteiger partial charge in [0.1, 0.15) is 0 Å². The first-order valence-electron chi connectivity index (χ1n) is 14.9. The van der Waals surface area contributed by atoms with Crippen LogP contribution in [0.3, 0.4) is 0 Å². The van der Waals surface area contributed by atoms with Crippen molar-refractivity contribution in [1.82, 2.24) is 35.9 Å². The van der Waals surface area contributed by atoms with Gasteiger partial charge in [-0.05, 0) is 70.5 Å². The van der Waals surface area contributed by atoms with Gasteiger partial charge in [0.25, 0.3) is 11.1 Å². The molecule has 16 nitrogen and oxygen atoms in total. The molecule has 0 spiro atoms. The summed E-state index contributed by atoms with van der Waals surface area (Å²) < 4.78 is 0. The third kappa shape index (κ3) is 27.7. The second kappa shape index (κ2) is 29.7. The maximum Gasteiger partial charge on any atom is 0.321 e. The van der Waals surface area contributed by atoms with E-state index in [9.17, 15) is 28.8 Å². The van der Waals surface area contributed by atoms with E-state index >= 15 is 0 Å². The molecule has 0 bridgehead atoms. The smallest absolute Gasteiger partial charge is 0.321 e. The molecule has 2 aromatic heterocycles. The number of urea groups is 2. The van der Waals surface area contributed by atoms with Crippen LogP contribution < -0.4 is 43.4 Å². The van der Waals surface area contributed by atoms with Crippen LogP contribution in [0.25, 0.3) is 0 Å². The molecule has 0 unspecified atom stereocenters. The zero-order valence-corrected chi connectivity index (χ0v) is 30.1. The van der Waals surface area contributed by atoms with Crippen LogP contribution >= 0.6 is 47.2 Å². The number of alkyl halides is 2. The molecule has 0 aromatic carbocycles. The summed E-state index contributed by atoms with van der Waals surface area (Å²) >= 11 is 15.7. The highest BCUT2D eigenvalue weighted by molar-refractivity contribution is 6.63. The molecular weight excluding hydrogens is 714 g/mol. The predicted octanol–water partition coefficient (Wildman–Crippen LogP) is 3.25. The van der Waals surface area contributed by atoms with Gasteiger partial charge in [-0.25, -0.2) is 19.6 Å². The monoisotopic (exact) mass is 758 g/mol. The highest BCUT2D eigenvalue weighted by Crippen LogP contribution is 1.97. The van der Waals surface area contributed by atoms with E-state index in [1.807, 2.05) is 0 Å². The number of nitrogens with zero attached hydrogens (tertiary/aromatic N) is 2. The fraction of sp³-hybridized carbons (Fsp3) is 0.571. The topological polar surface area (TPSA) is 246 Å². The van der Waals surface area contributed by atoms with Gasteiger partial charge < -0.3 is 21.7 Å². The molecule has 0 radical (unpaired) electrons. The van der Waals surface area contributed by atoms with Crippen LogP contribution in [-0.2, 0) is 9.59 Å². The minimum absolute atomic E-state index is 0. The number of hydrogen-bond donors (Lipinski definition) is 8. The van der Waals surface area contributed by atoms with E-state index in [-0.39, 0.29) is 46.6 Å². The molecule has 2 heterocycles. The molecule has 272 valence electrons. The summed E-state index contributed by atoms with van der Waals surface area (Å²) in [6.45, 7) is 5.52. The molecule has 0 atom stereocenters. The lowest BCUT2D eigenvalue weighted by Gasteiger charge is -2.07. The third-order valence-corrected chi connectivity index (χ3v) is 6.10. The van der Waals surface area contributed by atoms with Crippen LogP contribution in [-0.4, -0.2) is 81.1 Å². The highest BCUT2D eigenvalue weighted by Gasteiger charge is 2.05. The van der Waals surface area contributed by atoms with Gasteiger partial charge in [-0.2, -0.15) is 0 Å². The van der Waals surface area contributed by atoms with Crippen molar-refractivity contribution in [2.75, 3.05) is 48.6 Å². The van der Waals surface area contributed by atoms with E-state index in [2.05, 4.69) is 46.5 Å². The second-order valence-electron chi connectivity index (χ2n) is 9.73.